The zero-order chi connectivity index (χ0) is 20.9. The van der Waals surface area contributed by atoms with Crippen LogP contribution in [0.4, 0.5) is 4.39 Å². The van der Waals surface area contributed by atoms with Gasteiger partial charge in [0.05, 0.1) is 23.9 Å². The van der Waals surface area contributed by atoms with Crippen molar-refractivity contribution in [2.75, 3.05) is 0 Å². The molecule has 5 nitrogen and oxygen atoms in total. The maximum atomic E-state index is 13.8. The van der Waals surface area contributed by atoms with Crippen LogP contribution >= 0.6 is 27.7 Å². The van der Waals surface area contributed by atoms with Crippen LogP contribution in [0, 0.1) is 5.82 Å². The van der Waals surface area contributed by atoms with Crippen molar-refractivity contribution in [1.29, 1.82) is 0 Å². The van der Waals surface area contributed by atoms with Gasteiger partial charge in [0.2, 0.25) is 0 Å². The lowest BCUT2D eigenvalue weighted by atomic mass is 10.2. The van der Waals surface area contributed by atoms with Gasteiger partial charge in [-0.15, -0.1) is 5.10 Å². The first-order chi connectivity index (χ1) is 14.6. The molecule has 1 fully saturated rings. The van der Waals surface area contributed by atoms with Gasteiger partial charge in [-0.3, -0.25) is 9.69 Å². The van der Waals surface area contributed by atoms with Crippen molar-refractivity contribution in [2.24, 2.45) is 10.2 Å². The van der Waals surface area contributed by atoms with Gasteiger partial charge in [-0.05, 0) is 53.7 Å². The fourth-order valence-corrected chi connectivity index (χ4v) is 4.10. The summed E-state index contributed by atoms with van der Waals surface area (Å²) in [6, 6.07) is 17.5. The van der Waals surface area contributed by atoms with Gasteiger partial charge < -0.3 is 4.42 Å². The fraction of sp³-hybridized carbons (Fsp3) is 0.0455. The van der Waals surface area contributed by atoms with Gasteiger partial charge in [0, 0.05) is 10.0 Å². The fourth-order valence-electron chi connectivity index (χ4n) is 2.75. The number of thioether (sulfide) groups is 1. The topological polar surface area (TPSA) is 58.2 Å². The summed E-state index contributed by atoms with van der Waals surface area (Å²) in [6.07, 6.45) is 4.68. The first-order valence-corrected chi connectivity index (χ1v) is 10.6. The van der Waals surface area contributed by atoms with Gasteiger partial charge in [-0.25, -0.2) is 4.39 Å². The van der Waals surface area contributed by atoms with E-state index in [-0.39, 0.29) is 18.3 Å². The van der Waals surface area contributed by atoms with E-state index in [1.807, 2.05) is 24.3 Å². The predicted octanol–water partition coefficient (Wildman–Crippen LogP) is 5.69. The van der Waals surface area contributed by atoms with E-state index in [9.17, 15) is 9.18 Å². The van der Waals surface area contributed by atoms with Crippen LogP contribution < -0.4 is 0 Å². The smallest absolute Gasteiger partial charge is 0.267 e. The minimum absolute atomic E-state index is 0.198. The number of hydrogen-bond acceptors (Lipinski definition) is 5. The molecule has 150 valence electrons. The number of carbonyl (C=O) groups is 1. The van der Waals surface area contributed by atoms with E-state index in [4.69, 9.17) is 4.42 Å². The minimum atomic E-state index is -0.390. The normalized spacial score (nSPS) is 17.0. The number of nitrogens with zero attached hydrogens (tertiary/aromatic N) is 3. The molecule has 0 N–H and O–H groups in total. The van der Waals surface area contributed by atoms with Crippen LogP contribution in [0.15, 0.2) is 90.9 Å². The van der Waals surface area contributed by atoms with Crippen molar-refractivity contribution in [1.82, 2.24) is 4.90 Å². The molecule has 1 aromatic heterocycles. The SMILES string of the molecule is O=C1/C(=C/c2cccc(Br)c2)S/C(=N/N=C\c2ccccc2F)N1Cc1ccco1. The Labute approximate surface area is 185 Å². The zero-order valence-corrected chi connectivity index (χ0v) is 17.9. The Morgan fingerprint density at radius 1 is 1.13 bits per heavy atom. The van der Waals surface area contributed by atoms with Crippen molar-refractivity contribution in [2.45, 2.75) is 6.54 Å². The van der Waals surface area contributed by atoms with Gasteiger partial charge in [-0.2, -0.15) is 5.10 Å². The molecule has 2 aromatic carbocycles. The van der Waals surface area contributed by atoms with E-state index < -0.39 is 0 Å². The molecule has 2 heterocycles. The van der Waals surface area contributed by atoms with Crippen LogP contribution in [0.3, 0.4) is 0 Å². The number of benzene rings is 2. The first kappa shape index (κ1) is 20.3. The second-order valence-electron chi connectivity index (χ2n) is 6.28. The van der Waals surface area contributed by atoms with Gasteiger partial charge in [-0.1, -0.05) is 46.3 Å². The lowest BCUT2D eigenvalue weighted by Crippen LogP contribution is -2.28. The molecular weight excluding hydrogens is 469 g/mol. The van der Waals surface area contributed by atoms with Crippen LogP contribution in [0.5, 0.6) is 0 Å². The molecule has 3 aromatic rings. The molecule has 0 unspecified atom stereocenters. The van der Waals surface area contributed by atoms with Crippen LogP contribution in [-0.2, 0) is 11.3 Å². The van der Waals surface area contributed by atoms with E-state index in [1.165, 1.54) is 28.9 Å². The van der Waals surface area contributed by atoms with Crippen LogP contribution in [0.25, 0.3) is 6.08 Å². The summed E-state index contributed by atoms with van der Waals surface area (Å²) in [5, 5.41) is 8.57. The summed E-state index contributed by atoms with van der Waals surface area (Å²) in [5.74, 6) is 0.0361. The molecule has 30 heavy (non-hydrogen) atoms. The molecule has 0 bridgehead atoms. The predicted molar refractivity (Wildman–Crippen MR) is 120 cm³/mol. The van der Waals surface area contributed by atoms with E-state index in [0.29, 0.717) is 21.4 Å². The second-order valence-corrected chi connectivity index (χ2v) is 8.21. The first-order valence-electron chi connectivity index (χ1n) is 8.95. The Hall–Kier alpha value is -2.97. The molecular formula is C22H15BrFN3O2S. The molecule has 0 aliphatic carbocycles. The van der Waals surface area contributed by atoms with E-state index >= 15 is 0 Å². The molecule has 1 saturated heterocycles. The summed E-state index contributed by atoms with van der Waals surface area (Å²) in [6.45, 7) is 0.225. The average molecular weight is 484 g/mol. The number of rotatable bonds is 5. The lowest BCUT2D eigenvalue weighted by molar-refractivity contribution is -0.122. The van der Waals surface area contributed by atoms with Crippen LogP contribution in [-0.4, -0.2) is 22.2 Å². The highest BCUT2D eigenvalue weighted by Gasteiger charge is 2.34. The molecule has 4 rings (SSSR count). The third-order valence-corrected chi connectivity index (χ3v) is 5.66. The number of halogens is 2. The Balaban J connectivity index is 1.64. The molecule has 0 spiro atoms. The molecule has 0 radical (unpaired) electrons. The quantitative estimate of drug-likeness (QED) is 0.266. The molecule has 8 heteroatoms. The summed E-state index contributed by atoms with van der Waals surface area (Å²) in [7, 11) is 0. The van der Waals surface area contributed by atoms with Crippen molar-refractivity contribution < 1.29 is 13.6 Å². The number of hydrogen-bond donors (Lipinski definition) is 0. The standard InChI is InChI=1S/C22H15BrFN3O2S/c23-17-7-3-5-15(11-17)12-20-21(28)27(14-18-8-4-10-29-18)22(30-20)26-25-13-16-6-1-2-9-19(16)24/h1-13H,14H2/b20-12-,25-13-,26-22+. The van der Waals surface area contributed by atoms with E-state index in [2.05, 4.69) is 26.1 Å². The van der Waals surface area contributed by atoms with Gasteiger partial charge in [0.25, 0.3) is 5.91 Å². The average Bonchev–Trinajstić information content (AvgIpc) is 3.34. The Bertz CT molecular complexity index is 1160. The van der Waals surface area contributed by atoms with Crippen molar-refractivity contribution in [3.63, 3.8) is 0 Å². The molecule has 1 aliphatic heterocycles. The maximum Gasteiger partial charge on any atom is 0.267 e. The molecule has 1 amide bonds. The number of carbonyl (C=O) groups excluding carboxylic acids is 1. The largest absolute Gasteiger partial charge is 0.467 e. The van der Waals surface area contributed by atoms with Crippen molar-refractivity contribution in [3.05, 3.63) is 99.0 Å². The Morgan fingerprint density at radius 3 is 2.77 bits per heavy atom. The highest BCUT2D eigenvalue weighted by atomic mass is 79.9. The lowest BCUT2D eigenvalue weighted by Gasteiger charge is -2.12. The number of furan rings is 1. The second kappa shape index (κ2) is 9.23. The Morgan fingerprint density at radius 2 is 2.00 bits per heavy atom. The zero-order valence-electron chi connectivity index (χ0n) is 15.5. The third kappa shape index (κ3) is 4.77. The van der Waals surface area contributed by atoms with Gasteiger partial charge in [0.15, 0.2) is 5.17 Å². The summed E-state index contributed by atoms with van der Waals surface area (Å²) in [5.41, 5.74) is 1.20. The highest BCUT2D eigenvalue weighted by Crippen LogP contribution is 2.34. The molecule has 1 aliphatic rings. The van der Waals surface area contributed by atoms with Crippen LogP contribution in [0.2, 0.25) is 0 Å². The van der Waals surface area contributed by atoms with Crippen molar-refractivity contribution in [3.8, 4) is 0 Å². The summed E-state index contributed by atoms with van der Waals surface area (Å²) >= 11 is 4.65. The molecule has 0 atom stereocenters. The number of amidine groups is 1. The number of amides is 1. The van der Waals surface area contributed by atoms with Crippen molar-refractivity contribution >= 4 is 51.1 Å². The molecule has 0 saturated carbocycles. The summed E-state index contributed by atoms with van der Waals surface area (Å²) in [4.78, 5) is 15.0. The Kier molecular flexibility index (Phi) is 6.25. The minimum Gasteiger partial charge on any atom is -0.467 e. The van der Waals surface area contributed by atoms with Gasteiger partial charge in [0.1, 0.15) is 11.6 Å². The van der Waals surface area contributed by atoms with Crippen LogP contribution in [0.1, 0.15) is 16.9 Å². The third-order valence-electron chi connectivity index (χ3n) is 4.17. The monoisotopic (exact) mass is 483 g/mol. The van der Waals surface area contributed by atoms with E-state index in [1.54, 1.807) is 42.7 Å². The van der Waals surface area contributed by atoms with Gasteiger partial charge >= 0.3 is 0 Å². The van der Waals surface area contributed by atoms with E-state index in [0.717, 1.165) is 10.0 Å². The highest BCUT2D eigenvalue weighted by molar-refractivity contribution is 9.10. The summed E-state index contributed by atoms with van der Waals surface area (Å²) < 4.78 is 20.1. The maximum absolute atomic E-state index is 13.8.